The van der Waals surface area contributed by atoms with Gasteiger partial charge in [0.25, 0.3) is 0 Å². The van der Waals surface area contributed by atoms with Crippen molar-refractivity contribution < 1.29 is 42.9 Å². The molecule has 0 bridgehead atoms. The van der Waals surface area contributed by atoms with Crippen molar-refractivity contribution in [3.05, 3.63) is 22.7 Å². The molecule has 0 saturated carbocycles. The zero-order valence-corrected chi connectivity index (χ0v) is 21.6. The molecule has 38 heavy (non-hydrogen) atoms. The molecule has 1 saturated heterocycles. The quantitative estimate of drug-likeness (QED) is 0.258. The van der Waals surface area contributed by atoms with E-state index >= 15 is 0 Å². The lowest BCUT2D eigenvalue weighted by Gasteiger charge is -2.38. The number of amides is 3. The van der Waals surface area contributed by atoms with Gasteiger partial charge in [-0.2, -0.15) is 4.98 Å². The first-order chi connectivity index (χ1) is 17.7. The van der Waals surface area contributed by atoms with Crippen LogP contribution in [0.3, 0.4) is 0 Å². The number of nitrogens with zero attached hydrogens (tertiary/aromatic N) is 2. The number of rotatable bonds is 10. The number of alkyl carbamates (subject to hydrolysis) is 1. The van der Waals surface area contributed by atoms with Gasteiger partial charge in [0.15, 0.2) is 18.6 Å². The van der Waals surface area contributed by atoms with E-state index in [0.29, 0.717) is 24.0 Å². The van der Waals surface area contributed by atoms with E-state index in [2.05, 4.69) is 20.9 Å². The maximum Gasteiger partial charge on any atom is 0.408 e. The fourth-order valence-electron chi connectivity index (χ4n) is 3.60. The van der Waals surface area contributed by atoms with Gasteiger partial charge in [0.2, 0.25) is 11.8 Å². The van der Waals surface area contributed by atoms with Gasteiger partial charge >= 0.3 is 11.8 Å². The molecule has 0 radical (unpaired) electrons. The molecule has 1 aromatic heterocycles. The Morgan fingerprint density at radius 2 is 1.92 bits per heavy atom. The molecular weight excluding hydrogens is 512 g/mol. The van der Waals surface area contributed by atoms with Gasteiger partial charge in [-0.25, -0.2) is 18.4 Å². The molecule has 6 unspecified atom stereocenters. The Balaban J connectivity index is 2.13. The van der Waals surface area contributed by atoms with E-state index in [4.69, 9.17) is 9.47 Å². The molecule has 2 rings (SSSR count). The number of carbonyl (C=O) groups excluding carboxylic acids is 3. The number of hydrogen-bond acceptors (Lipinski definition) is 9. The van der Waals surface area contributed by atoms with Gasteiger partial charge < -0.3 is 35.6 Å². The molecule has 1 aliphatic rings. The van der Waals surface area contributed by atoms with Crippen LogP contribution < -0.4 is 21.6 Å². The van der Waals surface area contributed by atoms with Crippen LogP contribution in [0.15, 0.2) is 17.1 Å². The average Bonchev–Trinajstić information content (AvgIpc) is 2.81. The first kappa shape index (κ1) is 31.1. The smallest absolute Gasteiger partial charge is 0.408 e. The first-order valence-corrected chi connectivity index (χ1v) is 12.1. The molecule has 1 aliphatic heterocycles. The van der Waals surface area contributed by atoms with Crippen molar-refractivity contribution >= 4 is 23.7 Å². The SMILES string of the molecule is CC(=O)NCCCCC(NC(=O)OC(C)(C)C)C(=O)Nc1ccn(C2OC(CO)C(O)C(F)C2F)c(=O)n1. The van der Waals surface area contributed by atoms with Gasteiger partial charge in [-0.05, 0) is 46.1 Å². The zero-order chi connectivity index (χ0) is 28.6. The minimum atomic E-state index is -2.42. The summed E-state index contributed by atoms with van der Waals surface area (Å²) in [4.78, 5) is 52.4. The predicted molar refractivity (Wildman–Crippen MR) is 130 cm³/mol. The highest BCUT2D eigenvalue weighted by Gasteiger charge is 2.47. The Hall–Kier alpha value is -3.17. The van der Waals surface area contributed by atoms with Crippen molar-refractivity contribution in [1.29, 1.82) is 0 Å². The largest absolute Gasteiger partial charge is 0.444 e. The second kappa shape index (κ2) is 13.6. The second-order valence-electron chi connectivity index (χ2n) is 9.80. The molecule has 3 amide bonds. The van der Waals surface area contributed by atoms with Crippen molar-refractivity contribution in [1.82, 2.24) is 20.2 Å². The molecule has 1 fully saturated rings. The van der Waals surface area contributed by atoms with E-state index < -0.39 is 66.7 Å². The summed E-state index contributed by atoms with van der Waals surface area (Å²) in [7, 11) is 0. The van der Waals surface area contributed by atoms with E-state index in [1.165, 1.54) is 6.92 Å². The summed E-state index contributed by atoms with van der Waals surface area (Å²) in [6.07, 6.45) is -8.70. The van der Waals surface area contributed by atoms with Crippen molar-refractivity contribution in [2.45, 2.75) is 89.4 Å². The summed E-state index contributed by atoms with van der Waals surface area (Å²) in [5.74, 6) is -1.15. The Morgan fingerprint density at radius 1 is 1.24 bits per heavy atom. The fourth-order valence-corrected chi connectivity index (χ4v) is 3.60. The molecule has 5 N–H and O–H groups in total. The van der Waals surface area contributed by atoms with Crippen LogP contribution >= 0.6 is 0 Å². The van der Waals surface area contributed by atoms with E-state index in [0.717, 1.165) is 12.3 Å². The number of aromatic nitrogens is 2. The molecular formula is C23H35F2N5O8. The van der Waals surface area contributed by atoms with Crippen molar-refractivity contribution in [3.8, 4) is 0 Å². The minimum absolute atomic E-state index is 0.171. The Morgan fingerprint density at radius 3 is 2.50 bits per heavy atom. The highest BCUT2D eigenvalue weighted by atomic mass is 19.2. The van der Waals surface area contributed by atoms with Gasteiger partial charge in [0, 0.05) is 19.7 Å². The summed E-state index contributed by atoms with van der Waals surface area (Å²) >= 11 is 0. The Kier molecular flexibility index (Phi) is 11.1. The molecule has 0 aromatic carbocycles. The van der Waals surface area contributed by atoms with Gasteiger partial charge in [0.1, 0.15) is 29.7 Å². The van der Waals surface area contributed by atoms with Gasteiger partial charge in [-0.15, -0.1) is 0 Å². The number of alkyl halides is 2. The topological polar surface area (TPSA) is 181 Å². The number of aliphatic hydroxyl groups excluding tert-OH is 2. The zero-order valence-electron chi connectivity index (χ0n) is 21.6. The third-order valence-electron chi connectivity index (χ3n) is 5.43. The predicted octanol–water partition coefficient (Wildman–Crippen LogP) is 0.308. The fraction of sp³-hybridized carbons (Fsp3) is 0.696. The van der Waals surface area contributed by atoms with Crippen molar-refractivity contribution in [2.24, 2.45) is 0 Å². The van der Waals surface area contributed by atoms with Crippen LogP contribution in [0.5, 0.6) is 0 Å². The third kappa shape index (κ3) is 8.99. The van der Waals surface area contributed by atoms with E-state index in [9.17, 15) is 38.2 Å². The highest BCUT2D eigenvalue weighted by molar-refractivity contribution is 5.95. The number of ether oxygens (including phenoxy) is 2. The van der Waals surface area contributed by atoms with Crippen LogP contribution in [0.2, 0.25) is 0 Å². The number of aliphatic hydroxyl groups is 2. The molecule has 1 aromatic rings. The average molecular weight is 548 g/mol. The van der Waals surface area contributed by atoms with Crippen LogP contribution in [0.25, 0.3) is 0 Å². The van der Waals surface area contributed by atoms with Crippen LogP contribution in [-0.2, 0) is 19.1 Å². The number of hydrogen-bond donors (Lipinski definition) is 5. The summed E-state index contributed by atoms with van der Waals surface area (Å²) in [5, 5.41) is 26.4. The molecule has 0 aliphatic carbocycles. The third-order valence-corrected chi connectivity index (χ3v) is 5.43. The van der Waals surface area contributed by atoms with E-state index in [1.54, 1.807) is 20.8 Å². The monoisotopic (exact) mass is 547 g/mol. The Bertz CT molecular complexity index is 1030. The lowest BCUT2D eigenvalue weighted by molar-refractivity contribution is -0.220. The van der Waals surface area contributed by atoms with Crippen LogP contribution in [0, 0.1) is 0 Å². The second-order valence-corrected chi connectivity index (χ2v) is 9.80. The van der Waals surface area contributed by atoms with Gasteiger partial charge in [-0.3, -0.25) is 14.2 Å². The number of nitrogens with one attached hydrogen (secondary N) is 3. The minimum Gasteiger partial charge on any atom is -0.444 e. The normalized spacial score (nSPS) is 24.3. The van der Waals surface area contributed by atoms with Gasteiger partial charge in [0.05, 0.1) is 6.61 Å². The summed E-state index contributed by atoms with van der Waals surface area (Å²) < 4.78 is 39.6. The standard InChI is InChI=1S/C23H35F2N5O8/c1-12(32)26-9-6-5-7-13(27-22(36)38-23(2,3)4)19(34)28-15-8-10-30(21(35)29-15)20-17(25)16(24)18(33)14(11-31)37-20/h8,10,13-14,16-18,20,31,33H,5-7,9,11H2,1-4H3,(H,26,32)(H,27,36)(H,28,29,34,35). The molecule has 0 spiro atoms. The van der Waals surface area contributed by atoms with Crippen LogP contribution in [0.1, 0.15) is 53.2 Å². The van der Waals surface area contributed by atoms with Crippen molar-refractivity contribution in [2.75, 3.05) is 18.5 Å². The van der Waals surface area contributed by atoms with Crippen LogP contribution in [-0.4, -0.2) is 87.0 Å². The lowest BCUT2D eigenvalue weighted by Crippen LogP contribution is -2.54. The maximum absolute atomic E-state index is 14.5. The maximum atomic E-state index is 14.5. The van der Waals surface area contributed by atoms with E-state index in [1.807, 2.05) is 0 Å². The summed E-state index contributed by atoms with van der Waals surface area (Å²) in [5.41, 5.74) is -1.91. The molecule has 13 nitrogen and oxygen atoms in total. The van der Waals surface area contributed by atoms with Crippen LogP contribution in [0.4, 0.5) is 19.4 Å². The van der Waals surface area contributed by atoms with E-state index in [-0.39, 0.29) is 18.1 Å². The number of carbonyl (C=O) groups is 3. The summed E-state index contributed by atoms with van der Waals surface area (Å²) in [6.45, 7) is 5.90. The number of unbranched alkanes of at least 4 members (excludes halogenated alkanes) is 1. The highest BCUT2D eigenvalue weighted by Crippen LogP contribution is 2.31. The molecule has 6 atom stereocenters. The molecule has 214 valence electrons. The summed E-state index contributed by atoms with van der Waals surface area (Å²) in [6, 6.07) is 0.0607. The molecule has 15 heteroatoms. The first-order valence-electron chi connectivity index (χ1n) is 12.1. The lowest BCUT2D eigenvalue weighted by atomic mass is 10.0. The molecule has 2 heterocycles. The Labute approximate surface area is 217 Å². The number of anilines is 1. The van der Waals surface area contributed by atoms with Crippen molar-refractivity contribution in [3.63, 3.8) is 0 Å². The van der Waals surface area contributed by atoms with Gasteiger partial charge in [-0.1, -0.05) is 0 Å². The number of halogens is 2.